The Labute approximate surface area is 67.4 Å². The molecule has 3 nitrogen and oxygen atoms in total. The van der Waals surface area contributed by atoms with Gasteiger partial charge in [0.2, 0.25) is 0 Å². The monoisotopic (exact) mass is 175 g/mol. The zero-order chi connectivity index (χ0) is 9.35. The molecular formula is C7H7F2NO2. The molecule has 0 fully saturated rings. The number of oxazole rings is 1. The number of nitrogens with zero attached hydrogens (tertiary/aromatic N) is 1. The van der Waals surface area contributed by atoms with Crippen LogP contribution in [-0.2, 0) is 5.92 Å². The summed E-state index contributed by atoms with van der Waals surface area (Å²) in [4.78, 5) is 13.9. The lowest BCUT2D eigenvalue weighted by Crippen LogP contribution is -2.07. The van der Waals surface area contributed by atoms with E-state index in [0.29, 0.717) is 6.92 Å². The van der Waals surface area contributed by atoms with Crippen LogP contribution in [0.3, 0.4) is 0 Å². The number of carbonyl (C=O) groups excluding carboxylic acids is 1. The van der Waals surface area contributed by atoms with Gasteiger partial charge in [0.25, 0.3) is 5.89 Å². The van der Waals surface area contributed by atoms with E-state index in [4.69, 9.17) is 0 Å². The number of Topliss-reactive ketones (excluding diaryl/α,β-unsaturated/α-hetero) is 1. The molecule has 66 valence electrons. The van der Waals surface area contributed by atoms with Crippen LogP contribution in [0.4, 0.5) is 8.78 Å². The quantitative estimate of drug-likeness (QED) is 0.645. The Bertz CT molecular complexity index is 301. The summed E-state index contributed by atoms with van der Waals surface area (Å²) in [5.41, 5.74) is -0.0773. The van der Waals surface area contributed by atoms with E-state index in [2.05, 4.69) is 9.40 Å². The molecule has 0 aliphatic heterocycles. The number of aromatic nitrogens is 1. The van der Waals surface area contributed by atoms with Crippen molar-refractivity contribution < 1.29 is 18.0 Å². The summed E-state index contributed by atoms with van der Waals surface area (Å²) in [5, 5.41) is 0. The van der Waals surface area contributed by atoms with Crippen molar-refractivity contribution in [1.29, 1.82) is 0 Å². The molecule has 0 spiro atoms. The molecular weight excluding hydrogens is 168 g/mol. The van der Waals surface area contributed by atoms with Gasteiger partial charge in [-0.1, -0.05) is 0 Å². The van der Waals surface area contributed by atoms with E-state index in [-0.39, 0.29) is 5.69 Å². The number of alkyl halides is 2. The highest BCUT2D eigenvalue weighted by Gasteiger charge is 2.31. The van der Waals surface area contributed by atoms with Crippen molar-refractivity contribution in [2.75, 3.05) is 0 Å². The van der Waals surface area contributed by atoms with Gasteiger partial charge < -0.3 is 4.42 Å². The predicted molar refractivity (Wildman–Crippen MR) is 36.1 cm³/mol. The molecule has 1 rings (SSSR count). The lowest BCUT2D eigenvalue weighted by molar-refractivity contribution is -0.0109. The largest absolute Gasteiger partial charge is 0.443 e. The van der Waals surface area contributed by atoms with Gasteiger partial charge in [0.1, 0.15) is 12.0 Å². The highest BCUT2D eigenvalue weighted by Crippen LogP contribution is 2.25. The van der Waals surface area contributed by atoms with Gasteiger partial charge in [-0.25, -0.2) is 4.98 Å². The molecule has 0 radical (unpaired) electrons. The third kappa shape index (κ3) is 1.66. The topological polar surface area (TPSA) is 43.1 Å². The standard InChI is InChI=1S/C7H7F2NO2/c1-4(11)5-3-12-6(10-5)7(2,8)9/h3H,1-2H3. The molecule has 0 saturated heterocycles. The molecule has 0 atom stereocenters. The van der Waals surface area contributed by atoms with E-state index in [9.17, 15) is 13.6 Å². The first-order valence-electron chi connectivity index (χ1n) is 3.26. The number of hydrogen-bond donors (Lipinski definition) is 0. The van der Waals surface area contributed by atoms with Crippen molar-refractivity contribution in [2.24, 2.45) is 0 Å². The number of rotatable bonds is 2. The molecule has 0 amide bonds. The zero-order valence-corrected chi connectivity index (χ0v) is 6.60. The fourth-order valence-corrected chi connectivity index (χ4v) is 0.637. The van der Waals surface area contributed by atoms with Crippen LogP contribution in [0.25, 0.3) is 0 Å². The Morgan fingerprint density at radius 1 is 1.67 bits per heavy atom. The van der Waals surface area contributed by atoms with Gasteiger partial charge in [0, 0.05) is 13.8 Å². The van der Waals surface area contributed by atoms with Gasteiger partial charge >= 0.3 is 5.92 Å². The Morgan fingerprint density at radius 2 is 2.25 bits per heavy atom. The van der Waals surface area contributed by atoms with E-state index in [0.717, 1.165) is 6.26 Å². The van der Waals surface area contributed by atoms with E-state index in [1.54, 1.807) is 0 Å². The maximum Gasteiger partial charge on any atom is 0.319 e. The van der Waals surface area contributed by atoms with Gasteiger partial charge in [-0.3, -0.25) is 4.79 Å². The highest BCUT2D eigenvalue weighted by molar-refractivity contribution is 5.91. The maximum atomic E-state index is 12.5. The number of halogens is 2. The van der Waals surface area contributed by atoms with Crippen LogP contribution < -0.4 is 0 Å². The normalized spacial score (nSPS) is 11.7. The fraction of sp³-hybridized carbons (Fsp3) is 0.429. The average molecular weight is 175 g/mol. The van der Waals surface area contributed by atoms with Gasteiger partial charge in [0.15, 0.2) is 5.78 Å². The molecule has 1 heterocycles. The molecule has 1 aromatic heterocycles. The van der Waals surface area contributed by atoms with Crippen LogP contribution in [0.15, 0.2) is 10.7 Å². The van der Waals surface area contributed by atoms with Gasteiger partial charge in [-0.15, -0.1) is 0 Å². The minimum atomic E-state index is -3.13. The summed E-state index contributed by atoms with van der Waals surface area (Å²) >= 11 is 0. The average Bonchev–Trinajstić information content (AvgIpc) is 2.30. The van der Waals surface area contributed by atoms with E-state index in [1.165, 1.54) is 6.92 Å². The summed E-state index contributed by atoms with van der Waals surface area (Å²) < 4.78 is 29.3. The Hall–Kier alpha value is -1.26. The summed E-state index contributed by atoms with van der Waals surface area (Å²) in [6.07, 6.45) is 0.926. The number of hydrogen-bond acceptors (Lipinski definition) is 3. The first-order chi connectivity index (χ1) is 5.41. The molecule has 0 aliphatic rings. The molecule has 0 aliphatic carbocycles. The second kappa shape index (κ2) is 2.66. The minimum Gasteiger partial charge on any atom is -0.443 e. The van der Waals surface area contributed by atoms with Crippen molar-refractivity contribution in [3.05, 3.63) is 17.8 Å². The second-order valence-corrected chi connectivity index (χ2v) is 2.48. The summed E-state index contributed by atoms with van der Waals surface area (Å²) in [5.74, 6) is -4.25. The van der Waals surface area contributed by atoms with Crippen molar-refractivity contribution in [2.45, 2.75) is 19.8 Å². The van der Waals surface area contributed by atoms with Gasteiger partial charge in [-0.2, -0.15) is 8.78 Å². The molecule has 5 heteroatoms. The number of carbonyl (C=O) groups is 1. The SMILES string of the molecule is CC(=O)c1coc(C(C)(F)F)n1. The highest BCUT2D eigenvalue weighted by atomic mass is 19.3. The molecule has 0 unspecified atom stereocenters. The Balaban J connectivity index is 3.00. The van der Waals surface area contributed by atoms with Crippen molar-refractivity contribution >= 4 is 5.78 Å². The van der Waals surface area contributed by atoms with Crippen LogP contribution in [0.2, 0.25) is 0 Å². The van der Waals surface area contributed by atoms with Crippen molar-refractivity contribution in [3.63, 3.8) is 0 Å². The predicted octanol–water partition coefficient (Wildman–Crippen LogP) is 1.99. The Morgan fingerprint density at radius 3 is 2.50 bits per heavy atom. The fourth-order valence-electron chi connectivity index (χ4n) is 0.637. The van der Waals surface area contributed by atoms with E-state index < -0.39 is 17.6 Å². The number of ketones is 1. The lowest BCUT2D eigenvalue weighted by atomic mass is 10.3. The molecule has 0 bridgehead atoms. The van der Waals surface area contributed by atoms with E-state index >= 15 is 0 Å². The maximum absolute atomic E-state index is 12.5. The van der Waals surface area contributed by atoms with Crippen molar-refractivity contribution in [1.82, 2.24) is 4.98 Å². The van der Waals surface area contributed by atoms with Crippen LogP contribution in [0.5, 0.6) is 0 Å². The molecule has 0 aromatic carbocycles. The third-order valence-corrected chi connectivity index (χ3v) is 1.24. The molecule has 1 aromatic rings. The van der Waals surface area contributed by atoms with Crippen LogP contribution in [0, 0.1) is 0 Å². The van der Waals surface area contributed by atoms with E-state index in [1.807, 2.05) is 0 Å². The smallest absolute Gasteiger partial charge is 0.319 e. The lowest BCUT2D eigenvalue weighted by Gasteiger charge is -2.02. The van der Waals surface area contributed by atoms with Crippen LogP contribution in [-0.4, -0.2) is 10.8 Å². The van der Waals surface area contributed by atoms with Crippen LogP contribution in [0.1, 0.15) is 30.2 Å². The summed E-state index contributed by atoms with van der Waals surface area (Å²) in [7, 11) is 0. The van der Waals surface area contributed by atoms with Crippen LogP contribution >= 0.6 is 0 Å². The van der Waals surface area contributed by atoms with Gasteiger partial charge in [0.05, 0.1) is 0 Å². The Kier molecular flexibility index (Phi) is 1.95. The minimum absolute atomic E-state index is 0.0773. The van der Waals surface area contributed by atoms with Gasteiger partial charge in [-0.05, 0) is 0 Å². The third-order valence-electron chi connectivity index (χ3n) is 1.24. The first-order valence-corrected chi connectivity index (χ1v) is 3.26. The van der Waals surface area contributed by atoms with Crippen molar-refractivity contribution in [3.8, 4) is 0 Å². The zero-order valence-electron chi connectivity index (χ0n) is 6.60. The summed E-state index contributed by atoms with van der Waals surface area (Å²) in [6.45, 7) is 1.89. The summed E-state index contributed by atoms with van der Waals surface area (Å²) in [6, 6.07) is 0. The molecule has 0 N–H and O–H groups in total. The molecule has 12 heavy (non-hydrogen) atoms. The molecule has 0 saturated carbocycles. The first kappa shape index (κ1) is 8.83. The second-order valence-electron chi connectivity index (χ2n) is 2.48.